The van der Waals surface area contributed by atoms with Crippen molar-refractivity contribution in [3.8, 4) is 0 Å². The van der Waals surface area contributed by atoms with Gasteiger partial charge in [0.25, 0.3) is 0 Å². The fourth-order valence-electron chi connectivity index (χ4n) is 4.75. The van der Waals surface area contributed by atoms with Crippen LogP contribution in [0.4, 0.5) is 0 Å². The van der Waals surface area contributed by atoms with Gasteiger partial charge in [0.2, 0.25) is 11.8 Å². The summed E-state index contributed by atoms with van der Waals surface area (Å²) in [5.74, 6) is 3.69. The zero-order valence-electron chi connectivity index (χ0n) is 27.1. The lowest BCUT2D eigenvalue weighted by Gasteiger charge is -2.09. The maximum absolute atomic E-state index is 11.9. The van der Waals surface area contributed by atoms with Crippen LogP contribution in [0.5, 0.6) is 0 Å². The first-order valence-electron chi connectivity index (χ1n) is 17.0. The Morgan fingerprint density at radius 2 is 1.07 bits per heavy atom. The molecule has 2 amide bonds. The summed E-state index contributed by atoms with van der Waals surface area (Å²) in [6, 6.07) is -0.708. The lowest BCUT2D eigenvalue weighted by atomic mass is 10.1. The number of hydrogen-bond acceptors (Lipinski definition) is 9. The van der Waals surface area contributed by atoms with Gasteiger partial charge < -0.3 is 26.0 Å². The molecule has 0 aromatic heterocycles. The molecule has 0 aromatic rings. The Balaban J connectivity index is 3.37. The molecule has 0 radical (unpaired) electrons. The van der Waals surface area contributed by atoms with E-state index in [2.05, 4.69) is 27.9 Å². The van der Waals surface area contributed by atoms with Crippen molar-refractivity contribution in [2.45, 2.75) is 161 Å². The highest BCUT2D eigenvalue weighted by Gasteiger charge is 2.13. The number of nitrogens with two attached hydrogens (primary N) is 2. The van der Waals surface area contributed by atoms with E-state index in [0.717, 1.165) is 64.2 Å². The van der Waals surface area contributed by atoms with Crippen LogP contribution in [0.15, 0.2) is 0 Å². The van der Waals surface area contributed by atoms with E-state index >= 15 is 0 Å². The first-order chi connectivity index (χ1) is 20.9. The lowest BCUT2D eigenvalue weighted by molar-refractivity contribution is -0.151. The van der Waals surface area contributed by atoms with Gasteiger partial charge in [0.1, 0.15) is 12.6 Å². The van der Waals surface area contributed by atoms with Gasteiger partial charge in [-0.2, -0.15) is 11.4 Å². The largest absolute Gasteiger partial charge is 0.372 e. The number of amides is 2. The molecule has 11 nitrogen and oxygen atoms in total. The van der Waals surface area contributed by atoms with Gasteiger partial charge >= 0.3 is 11.9 Å². The fourth-order valence-corrected chi connectivity index (χ4v) is 4.75. The van der Waals surface area contributed by atoms with E-state index in [-0.39, 0.29) is 18.4 Å². The van der Waals surface area contributed by atoms with Crippen LogP contribution in [0.1, 0.15) is 155 Å². The molecule has 0 fully saturated rings. The van der Waals surface area contributed by atoms with Crippen molar-refractivity contribution in [3.05, 3.63) is 0 Å². The Kier molecular flexibility index (Phi) is 29.6. The fraction of sp³-hybridized carbons (Fsp3) is 0.875. The Hall–Kier alpha value is -2.24. The Bertz CT molecular complexity index is 710. The van der Waals surface area contributed by atoms with E-state index in [0.29, 0.717) is 32.4 Å². The Labute approximate surface area is 260 Å². The van der Waals surface area contributed by atoms with Crippen LogP contribution in [-0.2, 0) is 28.9 Å². The second-order valence-corrected chi connectivity index (χ2v) is 11.5. The van der Waals surface area contributed by atoms with Crippen molar-refractivity contribution in [2.75, 3.05) is 19.6 Å². The van der Waals surface area contributed by atoms with Crippen LogP contribution in [0.2, 0.25) is 0 Å². The molecular formula is C32H63N5O6. The zero-order chi connectivity index (χ0) is 31.8. The summed E-state index contributed by atoms with van der Waals surface area (Å²) < 4.78 is 0. The van der Waals surface area contributed by atoms with Gasteiger partial charge in [-0.15, -0.1) is 0 Å². The van der Waals surface area contributed by atoms with E-state index in [1.165, 1.54) is 64.2 Å². The first-order valence-corrected chi connectivity index (χ1v) is 17.0. The van der Waals surface area contributed by atoms with Crippen LogP contribution in [0.3, 0.4) is 0 Å². The molecule has 0 saturated heterocycles. The maximum atomic E-state index is 11.9. The summed E-state index contributed by atoms with van der Waals surface area (Å²) >= 11 is 0. The molecule has 0 saturated carbocycles. The Morgan fingerprint density at radius 1 is 0.605 bits per heavy atom. The molecule has 1 atom stereocenters. The van der Waals surface area contributed by atoms with Gasteiger partial charge in [0.15, 0.2) is 0 Å². The summed E-state index contributed by atoms with van der Waals surface area (Å²) in [6.45, 7) is 3.32. The third kappa shape index (κ3) is 29.6. The van der Waals surface area contributed by atoms with E-state index in [1.807, 2.05) is 0 Å². The average molecular weight is 614 g/mol. The number of hydroxylamine groups is 1. The minimum absolute atomic E-state index is 0.0686. The lowest BCUT2D eigenvalue weighted by Crippen LogP contribution is -2.34. The first kappa shape index (κ1) is 40.8. The molecule has 0 aliphatic carbocycles. The molecule has 11 heteroatoms. The molecule has 1 unspecified atom stereocenters. The number of carbonyl (C=O) groups is 4. The van der Waals surface area contributed by atoms with Crippen LogP contribution < -0.4 is 27.7 Å². The van der Waals surface area contributed by atoms with Crippen LogP contribution in [0.25, 0.3) is 0 Å². The van der Waals surface area contributed by atoms with Crippen molar-refractivity contribution in [3.63, 3.8) is 0 Å². The third-order valence-corrected chi connectivity index (χ3v) is 7.49. The number of rotatable bonds is 31. The van der Waals surface area contributed by atoms with Gasteiger partial charge in [-0.25, -0.2) is 9.59 Å². The molecule has 0 rings (SSSR count). The molecule has 43 heavy (non-hydrogen) atoms. The molecule has 252 valence electrons. The smallest absolute Gasteiger partial charge is 0.344 e. The molecule has 0 bridgehead atoms. The SMILES string of the molecule is CCCCCCCCCCCC(=O)NCC(=O)ONCCCCCCCCCCCC(=O)NCCCCC(N)C(=O)ON. The van der Waals surface area contributed by atoms with Crippen molar-refractivity contribution < 1.29 is 28.9 Å². The van der Waals surface area contributed by atoms with Crippen molar-refractivity contribution >= 4 is 23.8 Å². The van der Waals surface area contributed by atoms with Gasteiger partial charge in [-0.1, -0.05) is 103 Å². The normalized spacial score (nSPS) is 11.6. The van der Waals surface area contributed by atoms with Gasteiger partial charge in [0, 0.05) is 25.9 Å². The Morgan fingerprint density at radius 3 is 1.60 bits per heavy atom. The second-order valence-electron chi connectivity index (χ2n) is 11.5. The number of nitrogens with one attached hydrogen (secondary N) is 3. The van der Waals surface area contributed by atoms with Gasteiger partial charge in [0.05, 0.1) is 0 Å². The summed E-state index contributed by atoms with van der Waals surface area (Å²) in [7, 11) is 0. The van der Waals surface area contributed by atoms with Crippen molar-refractivity contribution in [1.29, 1.82) is 0 Å². The summed E-state index contributed by atoms with van der Waals surface area (Å²) in [6.07, 6.45) is 23.6. The summed E-state index contributed by atoms with van der Waals surface area (Å²) in [5, 5.41) is 5.54. The van der Waals surface area contributed by atoms with E-state index in [1.54, 1.807) is 0 Å². The molecule has 0 aliphatic heterocycles. The van der Waals surface area contributed by atoms with Crippen LogP contribution in [-0.4, -0.2) is 49.4 Å². The molecule has 0 aromatic carbocycles. The van der Waals surface area contributed by atoms with E-state index < -0.39 is 18.0 Å². The summed E-state index contributed by atoms with van der Waals surface area (Å²) in [4.78, 5) is 55.7. The molecular weight excluding hydrogens is 550 g/mol. The van der Waals surface area contributed by atoms with E-state index in [4.69, 9.17) is 16.5 Å². The average Bonchev–Trinajstić information content (AvgIpc) is 3.00. The van der Waals surface area contributed by atoms with Gasteiger partial charge in [-0.05, 0) is 38.5 Å². The maximum Gasteiger partial charge on any atom is 0.344 e. The minimum atomic E-state index is -0.708. The highest BCUT2D eigenvalue weighted by molar-refractivity contribution is 5.81. The highest BCUT2D eigenvalue weighted by Crippen LogP contribution is 2.11. The molecule has 0 aliphatic rings. The number of carbonyl (C=O) groups excluding carboxylic acids is 4. The quantitative estimate of drug-likeness (QED) is 0.0532. The summed E-state index contributed by atoms with van der Waals surface area (Å²) in [5.41, 5.74) is 8.31. The topological polar surface area (TPSA) is 175 Å². The minimum Gasteiger partial charge on any atom is -0.372 e. The zero-order valence-corrected chi connectivity index (χ0v) is 27.1. The van der Waals surface area contributed by atoms with Crippen molar-refractivity contribution in [1.82, 2.24) is 16.1 Å². The van der Waals surface area contributed by atoms with Crippen LogP contribution >= 0.6 is 0 Å². The molecule has 7 N–H and O–H groups in total. The van der Waals surface area contributed by atoms with Gasteiger partial charge in [-0.3, -0.25) is 9.59 Å². The highest BCUT2D eigenvalue weighted by atomic mass is 16.7. The van der Waals surface area contributed by atoms with Crippen molar-refractivity contribution in [2.24, 2.45) is 11.6 Å². The third-order valence-electron chi connectivity index (χ3n) is 7.49. The number of unbranched alkanes of at least 4 members (excludes halogenated alkanes) is 17. The number of hydrogen-bond donors (Lipinski definition) is 5. The van der Waals surface area contributed by atoms with Crippen LogP contribution in [0, 0.1) is 0 Å². The monoisotopic (exact) mass is 613 g/mol. The second kappa shape index (κ2) is 31.2. The predicted octanol–water partition coefficient (Wildman–Crippen LogP) is 5.00. The predicted molar refractivity (Wildman–Crippen MR) is 170 cm³/mol. The molecule has 0 spiro atoms. The standard InChI is InChI=1S/C32H63N5O6/c1-2-3-4-5-6-8-11-15-18-24-30(39)36-27-31(40)43-37-26-20-16-13-10-7-9-12-14-17-23-29(38)35-25-21-19-22-28(33)32(41)42-34/h28,37H,2-27,33-34H2,1H3,(H,35,38)(H,36,39). The van der Waals surface area contributed by atoms with E-state index in [9.17, 15) is 19.2 Å². The molecule has 0 heterocycles.